The van der Waals surface area contributed by atoms with Gasteiger partial charge < -0.3 is 9.47 Å². The normalized spacial score (nSPS) is 20.2. The van der Waals surface area contributed by atoms with E-state index in [-0.39, 0.29) is 34.7 Å². The molecule has 4 heteroatoms. The monoisotopic (exact) mass is 518 g/mol. The number of hydrogen-bond acceptors (Lipinski definition) is 4. The molecule has 38 heavy (non-hydrogen) atoms. The second kappa shape index (κ2) is 12.3. The number of methoxy groups -OCH3 is 1. The molecule has 0 saturated heterocycles. The predicted octanol–water partition coefficient (Wildman–Crippen LogP) is 8.36. The quantitative estimate of drug-likeness (QED) is 0.218. The van der Waals surface area contributed by atoms with E-state index in [0.717, 1.165) is 36.0 Å². The van der Waals surface area contributed by atoms with Gasteiger partial charge in [-0.05, 0) is 67.9 Å². The van der Waals surface area contributed by atoms with Gasteiger partial charge in [0.05, 0.1) is 13.7 Å². The van der Waals surface area contributed by atoms with Gasteiger partial charge in [-0.2, -0.15) is 0 Å². The fourth-order valence-corrected chi connectivity index (χ4v) is 5.72. The van der Waals surface area contributed by atoms with Crippen molar-refractivity contribution in [2.45, 2.75) is 86.5 Å². The molecule has 3 rings (SSSR count). The van der Waals surface area contributed by atoms with Crippen molar-refractivity contribution in [2.75, 3.05) is 13.7 Å². The van der Waals surface area contributed by atoms with Crippen LogP contribution < -0.4 is 9.47 Å². The standard InChI is InChI=1S/C34H46O4/c1-10-14-38-31-20-24(18-29(33(31)37-9)34(6,7)8)30(35)19-23-16-27-21(5)15-25(17-28(27)26(23)13-4)32(36)22(11-2)12-3/h13,15-18,20,22-23,28H,10-12,14,19H2,1-9H3. The van der Waals surface area contributed by atoms with Crippen molar-refractivity contribution in [1.82, 2.24) is 0 Å². The van der Waals surface area contributed by atoms with E-state index < -0.39 is 0 Å². The summed E-state index contributed by atoms with van der Waals surface area (Å²) in [6, 6.07) is 3.82. The molecule has 2 aliphatic rings. The zero-order valence-corrected chi connectivity index (χ0v) is 24.9. The number of carbonyl (C=O) groups excluding carboxylic acids is 2. The number of ketones is 2. The van der Waals surface area contributed by atoms with Crippen LogP contribution >= 0.6 is 0 Å². The van der Waals surface area contributed by atoms with Gasteiger partial charge in [0.15, 0.2) is 23.1 Å². The summed E-state index contributed by atoms with van der Waals surface area (Å²) >= 11 is 0. The Kier molecular flexibility index (Phi) is 9.62. The number of fused-ring (bicyclic) bond motifs is 1. The van der Waals surface area contributed by atoms with E-state index in [1.807, 2.05) is 25.1 Å². The molecule has 0 saturated carbocycles. The summed E-state index contributed by atoms with van der Waals surface area (Å²) in [5.74, 6) is 1.75. The van der Waals surface area contributed by atoms with E-state index >= 15 is 0 Å². The van der Waals surface area contributed by atoms with Crippen molar-refractivity contribution in [1.29, 1.82) is 0 Å². The SMILES string of the molecule is CC=C1C(CC(=O)c2cc(OCCC)c(OC)c(C(C)(C)C)c2)C=C2C(C)=CC(C(=O)C(CC)CC)=CC21. The Labute approximate surface area is 229 Å². The van der Waals surface area contributed by atoms with Crippen LogP contribution in [0.3, 0.4) is 0 Å². The summed E-state index contributed by atoms with van der Waals surface area (Å²) in [4.78, 5) is 26.9. The Morgan fingerprint density at radius 3 is 2.32 bits per heavy atom. The number of hydrogen-bond donors (Lipinski definition) is 0. The van der Waals surface area contributed by atoms with Crippen LogP contribution in [0.25, 0.3) is 0 Å². The molecule has 206 valence electrons. The van der Waals surface area contributed by atoms with E-state index in [4.69, 9.17) is 9.47 Å². The lowest BCUT2D eigenvalue weighted by Crippen LogP contribution is -2.19. The summed E-state index contributed by atoms with van der Waals surface area (Å²) < 4.78 is 11.8. The van der Waals surface area contributed by atoms with E-state index in [9.17, 15) is 9.59 Å². The van der Waals surface area contributed by atoms with Crippen molar-refractivity contribution in [2.24, 2.45) is 17.8 Å². The van der Waals surface area contributed by atoms with Crippen LogP contribution in [-0.2, 0) is 10.2 Å². The van der Waals surface area contributed by atoms with Gasteiger partial charge in [-0.3, -0.25) is 9.59 Å². The molecule has 0 heterocycles. The van der Waals surface area contributed by atoms with Crippen LogP contribution in [0.5, 0.6) is 11.5 Å². The van der Waals surface area contributed by atoms with Gasteiger partial charge >= 0.3 is 0 Å². The Balaban J connectivity index is 1.94. The van der Waals surface area contributed by atoms with Gasteiger partial charge in [0.25, 0.3) is 0 Å². The fraction of sp³-hybridized carbons (Fsp3) is 0.529. The molecule has 4 nitrogen and oxygen atoms in total. The predicted molar refractivity (Wildman–Crippen MR) is 156 cm³/mol. The lowest BCUT2D eigenvalue weighted by Gasteiger charge is -2.25. The molecule has 2 atom stereocenters. The van der Waals surface area contributed by atoms with Crippen LogP contribution in [0.4, 0.5) is 0 Å². The third-order valence-electron chi connectivity index (χ3n) is 7.91. The van der Waals surface area contributed by atoms with Crippen molar-refractivity contribution < 1.29 is 19.1 Å². The molecule has 0 bridgehead atoms. The van der Waals surface area contributed by atoms with Crippen molar-refractivity contribution in [3.05, 3.63) is 69.9 Å². The molecule has 0 spiro atoms. The lowest BCUT2D eigenvalue weighted by molar-refractivity contribution is -0.119. The molecule has 0 aliphatic heterocycles. The Hall–Kier alpha value is -2.88. The van der Waals surface area contributed by atoms with Crippen molar-refractivity contribution in [3.63, 3.8) is 0 Å². The van der Waals surface area contributed by atoms with Crippen LogP contribution in [-0.4, -0.2) is 25.3 Å². The molecule has 0 radical (unpaired) electrons. The number of ether oxygens (including phenoxy) is 2. The van der Waals surface area contributed by atoms with Gasteiger partial charge in [0.1, 0.15) is 0 Å². The summed E-state index contributed by atoms with van der Waals surface area (Å²) in [6.07, 6.45) is 11.5. The summed E-state index contributed by atoms with van der Waals surface area (Å²) in [5, 5.41) is 0. The molecule has 2 aliphatic carbocycles. The molecule has 0 N–H and O–H groups in total. The second-order valence-corrected chi connectivity index (χ2v) is 11.6. The number of rotatable bonds is 11. The fourth-order valence-electron chi connectivity index (χ4n) is 5.72. The first kappa shape index (κ1) is 29.7. The van der Waals surface area contributed by atoms with Gasteiger partial charge in [-0.25, -0.2) is 0 Å². The number of Topliss-reactive ketones (excluding diaryl/α,β-unsaturated/α-hetero) is 2. The number of benzene rings is 1. The Morgan fingerprint density at radius 2 is 1.76 bits per heavy atom. The maximum absolute atomic E-state index is 13.8. The largest absolute Gasteiger partial charge is 0.493 e. The van der Waals surface area contributed by atoms with Gasteiger partial charge in [-0.1, -0.05) is 65.3 Å². The first-order valence-electron chi connectivity index (χ1n) is 14.2. The van der Waals surface area contributed by atoms with E-state index in [1.165, 1.54) is 11.1 Å². The van der Waals surface area contributed by atoms with Crippen LogP contribution in [0.2, 0.25) is 0 Å². The summed E-state index contributed by atoms with van der Waals surface area (Å²) in [5.41, 5.74) is 5.75. The van der Waals surface area contributed by atoms with E-state index in [1.54, 1.807) is 7.11 Å². The molecule has 0 aromatic heterocycles. The maximum atomic E-state index is 13.8. The topological polar surface area (TPSA) is 52.6 Å². The maximum Gasteiger partial charge on any atom is 0.165 e. The Bertz CT molecular complexity index is 1180. The molecule has 1 aromatic rings. The summed E-state index contributed by atoms with van der Waals surface area (Å²) in [6.45, 7) is 17.3. The average Bonchev–Trinajstić information content (AvgIpc) is 3.24. The molecule has 1 aromatic carbocycles. The molecule has 0 amide bonds. The zero-order chi connectivity index (χ0) is 28.2. The number of carbonyl (C=O) groups is 2. The minimum Gasteiger partial charge on any atom is -0.493 e. The second-order valence-electron chi connectivity index (χ2n) is 11.6. The first-order valence-corrected chi connectivity index (χ1v) is 14.2. The number of allylic oxidation sites excluding steroid dienone is 8. The third kappa shape index (κ3) is 6.06. The minimum atomic E-state index is -0.213. The molecular formula is C34H46O4. The lowest BCUT2D eigenvalue weighted by atomic mass is 9.80. The highest BCUT2D eigenvalue weighted by Gasteiger charge is 2.35. The summed E-state index contributed by atoms with van der Waals surface area (Å²) in [7, 11) is 1.65. The Morgan fingerprint density at radius 1 is 1.08 bits per heavy atom. The van der Waals surface area contributed by atoms with E-state index in [2.05, 4.69) is 66.7 Å². The molecule has 2 unspecified atom stereocenters. The molecular weight excluding hydrogens is 472 g/mol. The highest BCUT2D eigenvalue weighted by atomic mass is 16.5. The molecule has 0 fully saturated rings. The van der Waals surface area contributed by atoms with E-state index in [0.29, 0.717) is 30.1 Å². The van der Waals surface area contributed by atoms with Crippen LogP contribution in [0.15, 0.2) is 58.7 Å². The van der Waals surface area contributed by atoms with Crippen LogP contribution in [0, 0.1) is 17.8 Å². The van der Waals surface area contributed by atoms with Crippen molar-refractivity contribution >= 4 is 11.6 Å². The smallest absolute Gasteiger partial charge is 0.165 e. The van der Waals surface area contributed by atoms with Gasteiger partial charge in [0, 0.05) is 40.9 Å². The highest BCUT2D eigenvalue weighted by molar-refractivity contribution is 6.01. The van der Waals surface area contributed by atoms with Gasteiger partial charge in [-0.15, -0.1) is 0 Å². The van der Waals surface area contributed by atoms with Crippen LogP contribution in [0.1, 0.15) is 97.0 Å². The van der Waals surface area contributed by atoms with Crippen molar-refractivity contribution in [3.8, 4) is 11.5 Å². The first-order chi connectivity index (χ1) is 18.0. The highest BCUT2D eigenvalue weighted by Crippen LogP contribution is 2.46. The zero-order valence-electron chi connectivity index (χ0n) is 24.9. The van der Waals surface area contributed by atoms with Gasteiger partial charge in [0.2, 0.25) is 0 Å². The third-order valence-corrected chi connectivity index (χ3v) is 7.91. The minimum absolute atomic E-state index is 0.00472. The average molecular weight is 519 g/mol.